The number of aliphatic carboxylic acids is 1. The summed E-state index contributed by atoms with van der Waals surface area (Å²) in [7, 11) is 0. The molecule has 31 heavy (non-hydrogen) atoms. The minimum Gasteiger partial charge on any atom is -0.853 e. The minimum atomic E-state index is -0.903. The van der Waals surface area contributed by atoms with Gasteiger partial charge in [-0.15, -0.1) is 6.61 Å². The zero-order valence-electron chi connectivity index (χ0n) is 21.3. The molecular weight excluding hydrogens is 410 g/mol. The zero-order valence-corrected chi connectivity index (χ0v) is 25.3. The fourth-order valence-corrected chi connectivity index (χ4v) is 3.27. The summed E-state index contributed by atoms with van der Waals surface area (Å²) in [5, 5.41) is 20.3. The van der Waals surface area contributed by atoms with Crippen LogP contribution in [0.1, 0.15) is 129 Å². The smallest absolute Gasteiger partial charge is 0.853 e. The Morgan fingerprint density at radius 2 is 1.10 bits per heavy atom. The molecule has 1 atom stereocenters. The van der Waals surface area contributed by atoms with Crippen molar-refractivity contribution in [2.75, 3.05) is 13.2 Å². The first kappa shape index (κ1) is 39.6. The molecule has 0 aromatic heterocycles. The van der Waals surface area contributed by atoms with Crippen LogP contribution in [0, 0.1) is 0 Å². The third-order valence-electron chi connectivity index (χ3n) is 5.23. The predicted octanol–water partition coefficient (Wildman–Crippen LogP) is -2.19. The van der Waals surface area contributed by atoms with Crippen molar-refractivity contribution in [1.82, 2.24) is 0 Å². The van der Waals surface area contributed by atoms with Gasteiger partial charge in [-0.1, -0.05) is 103 Å². The van der Waals surface area contributed by atoms with E-state index in [1.54, 1.807) is 0 Å². The largest absolute Gasteiger partial charge is 1.00 e. The Morgan fingerprint density at radius 3 is 1.42 bits per heavy atom. The number of rotatable bonds is 21. The van der Waals surface area contributed by atoms with Crippen molar-refractivity contribution < 1.29 is 74.1 Å². The number of carboxylic acid groups (broad SMARTS) is 1. The second-order valence-corrected chi connectivity index (χ2v) is 8.28. The van der Waals surface area contributed by atoms with Gasteiger partial charge in [0.2, 0.25) is 0 Å². The molecule has 0 radical (unpaired) electrons. The molecule has 0 rings (SSSR count). The maximum Gasteiger partial charge on any atom is 1.00 e. The summed E-state index contributed by atoms with van der Waals surface area (Å²) in [6.45, 7) is 2.81. The second-order valence-electron chi connectivity index (χ2n) is 8.28. The molecular formula is C24H50N2Na2O3. The van der Waals surface area contributed by atoms with Gasteiger partial charge in [-0.25, -0.2) is 0 Å². The van der Waals surface area contributed by atoms with Crippen LogP contribution in [0.5, 0.6) is 0 Å². The average molecular weight is 461 g/mol. The summed E-state index contributed by atoms with van der Waals surface area (Å²) >= 11 is 0. The molecule has 4 N–H and O–H groups in total. The van der Waals surface area contributed by atoms with E-state index < -0.39 is 5.97 Å². The summed E-state index contributed by atoms with van der Waals surface area (Å²) < 4.78 is 0. The summed E-state index contributed by atoms with van der Waals surface area (Å²) in [5.74, 6) is -0.903. The molecule has 0 bridgehead atoms. The van der Waals surface area contributed by atoms with E-state index >= 15 is 0 Å². The first-order valence-corrected chi connectivity index (χ1v) is 12.3. The van der Waals surface area contributed by atoms with Crippen LogP contribution in [0.4, 0.5) is 0 Å². The summed E-state index contributed by atoms with van der Waals surface area (Å²) in [6.07, 6.45) is 22.6. The van der Waals surface area contributed by atoms with Crippen LogP contribution >= 0.6 is 0 Å². The normalized spacial score (nSPS) is 11.0. The molecule has 0 aromatic rings. The first-order valence-electron chi connectivity index (χ1n) is 12.3. The molecule has 0 amide bonds. The Hall–Kier alpha value is 1.35. The van der Waals surface area contributed by atoms with Gasteiger partial charge in [-0.05, 0) is 38.3 Å². The van der Waals surface area contributed by atoms with Crippen LogP contribution in [0.2, 0.25) is 0 Å². The van der Waals surface area contributed by atoms with E-state index in [9.17, 15) is 15.0 Å². The van der Waals surface area contributed by atoms with Crippen LogP contribution in [0.25, 0.3) is 0 Å². The molecule has 0 aliphatic carbocycles. The maximum atomic E-state index is 10.2. The first-order chi connectivity index (χ1) is 14.1. The quantitative estimate of drug-likeness (QED) is 0.149. The molecule has 176 valence electrons. The number of unbranched alkanes of at least 4 members (excludes halogenated alkanes) is 15. The topological polar surface area (TPSA) is 115 Å². The van der Waals surface area contributed by atoms with Crippen molar-refractivity contribution in [3.63, 3.8) is 0 Å². The van der Waals surface area contributed by atoms with E-state index in [0.29, 0.717) is 6.54 Å². The molecule has 0 spiro atoms. The summed E-state index contributed by atoms with van der Waals surface area (Å²) in [5.41, 5.74) is 10.6. The van der Waals surface area contributed by atoms with Crippen molar-refractivity contribution in [3.05, 3.63) is 0 Å². The SMILES string of the molecule is CCCCCCCCCCCCCCCCCC(=O)[O-].NCCCC[C@H](N)C[O-].[Na+].[Na+]. The number of nitrogens with two attached hydrogens (primary N) is 2. The molecule has 0 heterocycles. The molecule has 0 aromatic carbocycles. The Kier molecular flexibility index (Phi) is 45.8. The summed E-state index contributed by atoms with van der Waals surface area (Å²) in [4.78, 5) is 10.2. The molecule has 0 fully saturated rings. The number of carbonyl (C=O) groups excluding carboxylic acids is 1. The standard InChI is InChI=1S/C18H36O2.C6H15N2O.2Na/c1-2-3-4-5-6-7-8-9-10-11-12-13-14-15-16-17-18(19)20;7-4-2-1-3-6(8)5-9;;/h2-17H2,1H3,(H,19,20);6H,1-5,7-8H2;;/q;-1;2*+1/p-1/t;6-;;/m.0../s1. The fraction of sp³-hybridized carbons (Fsp3) is 0.958. The van der Waals surface area contributed by atoms with E-state index in [2.05, 4.69) is 6.92 Å². The van der Waals surface area contributed by atoms with Crippen LogP contribution in [-0.2, 0) is 4.79 Å². The summed E-state index contributed by atoms with van der Waals surface area (Å²) in [6, 6.07) is -0.156. The second kappa shape index (κ2) is 35.9. The average Bonchev–Trinajstić information content (AvgIpc) is 2.71. The van der Waals surface area contributed by atoms with Crippen LogP contribution in [-0.4, -0.2) is 25.2 Å². The monoisotopic (exact) mass is 460 g/mol. The van der Waals surface area contributed by atoms with Crippen LogP contribution in [0.3, 0.4) is 0 Å². The Morgan fingerprint density at radius 1 is 0.710 bits per heavy atom. The Bertz CT molecular complexity index is 325. The molecule has 7 heteroatoms. The predicted molar refractivity (Wildman–Crippen MR) is 120 cm³/mol. The van der Waals surface area contributed by atoms with Crippen molar-refractivity contribution in [2.24, 2.45) is 11.5 Å². The van der Waals surface area contributed by atoms with Gasteiger partial charge < -0.3 is 26.5 Å². The van der Waals surface area contributed by atoms with Gasteiger partial charge in [-0.3, -0.25) is 0 Å². The van der Waals surface area contributed by atoms with Gasteiger partial charge in [0.05, 0.1) is 0 Å². The van der Waals surface area contributed by atoms with Gasteiger partial charge in [0.1, 0.15) is 0 Å². The zero-order chi connectivity index (χ0) is 22.0. The number of hydrogen-bond acceptors (Lipinski definition) is 5. The van der Waals surface area contributed by atoms with Crippen molar-refractivity contribution >= 4 is 5.97 Å². The number of hydrogen-bond donors (Lipinski definition) is 2. The fourth-order valence-electron chi connectivity index (χ4n) is 3.27. The maximum absolute atomic E-state index is 10.2. The Labute approximate surface area is 237 Å². The van der Waals surface area contributed by atoms with Crippen molar-refractivity contribution in [3.8, 4) is 0 Å². The molecule has 0 aliphatic heterocycles. The third-order valence-corrected chi connectivity index (χ3v) is 5.23. The van der Waals surface area contributed by atoms with Crippen LogP contribution in [0.15, 0.2) is 0 Å². The molecule has 0 saturated heterocycles. The van der Waals surface area contributed by atoms with Crippen molar-refractivity contribution in [1.29, 1.82) is 0 Å². The molecule has 5 nitrogen and oxygen atoms in total. The molecule has 0 aliphatic rings. The van der Waals surface area contributed by atoms with Gasteiger partial charge in [-0.2, -0.15) is 0 Å². The van der Waals surface area contributed by atoms with Gasteiger partial charge >= 0.3 is 59.1 Å². The molecule has 0 saturated carbocycles. The minimum absolute atomic E-state index is 0. The van der Waals surface area contributed by atoms with E-state index in [1.165, 1.54) is 83.5 Å². The number of carbonyl (C=O) groups is 1. The van der Waals surface area contributed by atoms with E-state index in [1.807, 2.05) is 0 Å². The van der Waals surface area contributed by atoms with Crippen molar-refractivity contribution in [2.45, 2.75) is 135 Å². The van der Waals surface area contributed by atoms with E-state index in [4.69, 9.17) is 11.5 Å². The van der Waals surface area contributed by atoms with E-state index in [-0.39, 0.29) is 78.2 Å². The van der Waals surface area contributed by atoms with E-state index in [0.717, 1.165) is 32.1 Å². The van der Waals surface area contributed by atoms with Gasteiger partial charge in [0, 0.05) is 5.97 Å². The Balaban J connectivity index is -0.000000282. The van der Waals surface area contributed by atoms with Gasteiger partial charge in [0.25, 0.3) is 0 Å². The molecule has 0 unspecified atom stereocenters. The number of carboxylic acids is 1. The van der Waals surface area contributed by atoms with Gasteiger partial charge in [0.15, 0.2) is 0 Å². The van der Waals surface area contributed by atoms with Crippen LogP contribution < -0.4 is 80.8 Å². The third kappa shape index (κ3) is 42.0.